The first-order valence-electron chi connectivity index (χ1n) is 12.8. The van der Waals surface area contributed by atoms with E-state index in [0.717, 1.165) is 0 Å². The maximum absolute atomic E-state index is 13.6. The van der Waals surface area contributed by atoms with Crippen molar-refractivity contribution in [3.05, 3.63) is 42.0 Å². The van der Waals surface area contributed by atoms with Crippen molar-refractivity contribution in [2.45, 2.75) is 50.3 Å². The van der Waals surface area contributed by atoms with Gasteiger partial charge in [0.05, 0.1) is 10.6 Å². The minimum atomic E-state index is -3.89. The molecule has 2 atom stereocenters. The van der Waals surface area contributed by atoms with Crippen molar-refractivity contribution < 1.29 is 32.6 Å². The lowest BCUT2D eigenvalue weighted by atomic mass is 9.99. The Hall–Kier alpha value is -3.62. The minimum absolute atomic E-state index is 0.0275. The van der Waals surface area contributed by atoms with Crippen molar-refractivity contribution in [3.63, 3.8) is 0 Å². The van der Waals surface area contributed by atoms with E-state index in [4.69, 9.17) is 27.5 Å². The number of aromatic hydroxyl groups is 1. The molecule has 12 heteroatoms. The number of anilines is 1. The smallest absolute Gasteiger partial charge is 0.253 e. The fraction of sp³-hybridized carbons (Fsp3) is 0.429. The number of rotatable bonds is 12. The average Bonchev–Trinajstić information content (AvgIpc) is 3.39. The number of carbonyl (C=O) groups excluding carboxylic acids is 2. The van der Waals surface area contributed by atoms with E-state index in [0.29, 0.717) is 23.5 Å². The van der Waals surface area contributed by atoms with Crippen LogP contribution >= 0.6 is 11.6 Å². The van der Waals surface area contributed by atoms with Crippen LogP contribution < -0.4 is 20.2 Å². The molecule has 3 rings (SSSR count). The topological polar surface area (TPSA) is 134 Å². The predicted octanol–water partition coefficient (Wildman–Crippen LogP) is 3.68. The summed E-state index contributed by atoms with van der Waals surface area (Å²) in [7, 11) is -3.89. The largest absolute Gasteiger partial charge is 0.505 e. The second-order valence-corrected chi connectivity index (χ2v) is 12.2. The van der Waals surface area contributed by atoms with Crippen LogP contribution in [0.3, 0.4) is 0 Å². The van der Waals surface area contributed by atoms with Crippen LogP contribution in [0.5, 0.6) is 17.2 Å². The van der Waals surface area contributed by atoms with Crippen molar-refractivity contribution in [2.75, 3.05) is 24.5 Å². The first-order chi connectivity index (χ1) is 19.0. The molecule has 2 amide bonds. The van der Waals surface area contributed by atoms with E-state index in [2.05, 4.69) is 16.7 Å². The zero-order valence-corrected chi connectivity index (χ0v) is 24.2. The molecule has 3 N–H and O–H groups in total. The van der Waals surface area contributed by atoms with Crippen LogP contribution in [0, 0.1) is 24.2 Å². The van der Waals surface area contributed by atoms with E-state index in [-0.39, 0.29) is 66.1 Å². The molecule has 0 unspecified atom stereocenters. The second kappa shape index (κ2) is 13.6. The number of nitrogens with one attached hydrogen (secondary N) is 2. The number of nitrogens with zero attached hydrogens (tertiary/aromatic N) is 1. The number of amides is 2. The molecule has 2 aromatic carbocycles. The van der Waals surface area contributed by atoms with Crippen LogP contribution in [-0.4, -0.2) is 54.9 Å². The summed E-state index contributed by atoms with van der Waals surface area (Å²) in [5, 5.41) is 14.2. The number of para-hydroxylation sites is 1. The standard InChI is InChI=1S/C28H34ClN3O7S/c1-5-6-10-26(34)32(31-25(33)15-29)16-19(4)13-20-8-7-9-22(27(20)35)30-28(18(2)3)40(36,37)21-11-12-23-24(14-21)39-17-38-23/h1,7-9,11-12,14,18-19,28,30,35H,6,10,13,15-17H2,2-4H3,(H,31,33)/t19-,28+/m1/s1. The van der Waals surface area contributed by atoms with E-state index < -0.39 is 21.1 Å². The van der Waals surface area contributed by atoms with Crippen LogP contribution in [0.4, 0.5) is 5.69 Å². The first kappa shape index (κ1) is 30.9. The maximum atomic E-state index is 13.6. The number of hydrazine groups is 1. The van der Waals surface area contributed by atoms with Gasteiger partial charge in [-0.1, -0.05) is 32.9 Å². The summed E-state index contributed by atoms with van der Waals surface area (Å²) in [6.07, 6.45) is 5.88. The van der Waals surface area contributed by atoms with Gasteiger partial charge in [-0.2, -0.15) is 0 Å². The third-order valence-electron chi connectivity index (χ3n) is 6.26. The lowest BCUT2D eigenvalue weighted by molar-refractivity contribution is -0.141. The van der Waals surface area contributed by atoms with E-state index in [1.54, 1.807) is 38.1 Å². The van der Waals surface area contributed by atoms with Gasteiger partial charge in [0.25, 0.3) is 5.91 Å². The minimum Gasteiger partial charge on any atom is -0.505 e. The molecule has 0 spiro atoms. The van der Waals surface area contributed by atoms with Gasteiger partial charge in [0.15, 0.2) is 21.3 Å². The normalized spacial score (nSPS) is 13.8. The van der Waals surface area contributed by atoms with E-state index in [9.17, 15) is 23.1 Å². The van der Waals surface area contributed by atoms with Gasteiger partial charge in [-0.15, -0.1) is 23.9 Å². The molecule has 1 aliphatic heterocycles. The molecular weight excluding hydrogens is 558 g/mol. The molecule has 40 heavy (non-hydrogen) atoms. The molecular formula is C28H34ClN3O7S. The number of benzene rings is 2. The number of phenolic OH excluding ortho intramolecular Hbond substituents is 1. The molecule has 0 radical (unpaired) electrons. The SMILES string of the molecule is C#CCCC(=O)N(C[C@H](C)Cc1cccc(N[C@H](C(C)C)S(=O)(=O)c2ccc3c(c2)OCO3)c1O)NC(=O)CCl. The summed E-state index contributed by atoms with van der Waals surface area (Å²) in [5.74, 6) is 1.39. The molecule has 0 saturated heterocycles. The summed E-state index contributed by atoms with van der Waals surface area (Å²) in [6, 6.07) is 9.49. The monoisotopic (exact) mass is 591 g/mol. The Labute approximate surface area is 239 Å². The Bertz CT molecular complexity index is 1370. The highest BCUT2D eigenvalue weighted by molar-refractivity contribution is 7.92. The maximum Gasteiger partial charge on any atom is 0.253 e. The Morgan fingerprint density at radius 2 is 1.90 bits per heavy atom. The lowest BCUT2D eigenvalue weighted by Crippen LogP contribution is -2.48. The number of terminal acetylenes is 1. The number of hydrogen-bond acceptors (Lipinski definition) is 8. The summed E-state index contributed by atoms with van der Waals surface area (Å²) in [5.41, 5.74) is 3.29. The van der Waals surface area contributed by atoms with Gasteiger partial charge in [-0.3, -0.25) is 20.0 Å². The molecule has 10 nitrogen and oxygen atoms in total. The lowest BCUT2D eigenvalue weighted by Gasteiger charge is -2.27. The number of phenols is 1. The number of ether oxygens (including phenoxy) is 2. The van der Waals surface area contributed by atoms with Crippen molar-refractivity contribution in [3.8, 4) is 29.6 Å². The molecule has 2 aromatic rings. The predicted molar refractivity (Wildman–Crippen MR) is 152 cm³/mol. The summed E-state index contributed by atoms with van der Waals surface area (Å²) in [6.45, 7) is 5.57. The van der Waals surface area contributed by atoms with Crippen molar-refractivity contribution in [1.82, 2.24) is 10.4 Å². The van der Waals surface area contributed by atoms with E-state index >= 15 is 0 Å². The fourth-order valence-electron chi connectivity index (χ4n) is 4.28. The molecule has 0 saturated carbocycles. The molecule has 216 valence electrons. The van der Waals surface area contributed by atoms with Crippen LogP contribution in [0.15, 0.2) is 41.3 Å². The highest BCUT2D eigenvalue weighted by Crippen LogP contribution is 2.37. The highest BCUT2D eigenvalue weighted by Gasteiger charge is 2.32. The van der Waals surface area contributed by atoms with Crippen molar-refractivity contribution >= 4 is 38.9 Å². The number of hydrogen-bond donors (Lipinski definition) is 3. The Balaban J connectivity index is 1.79. The van der Waals surface area contributed by atoms with E-state index in [1.165, 1.54) is 17.1 Å². The fourth-order valence-corrected chi connectivity index (χ4v) is 6.17. The third kappa shape index (κ3) is 7.52. The van der Waals surface area contributed by atoms with Gasteiger partial charge >= 0.3 is 0 Å². The van der Waals surface area contributed by atoms with Gasteiger partial charge in [0.2, 0.25) is 12.7 Å². The average molecular weight is 592 g/mol. The summed E-state index contributed by atoms with van der Waals surface area (Å²) < 4.78 is 37.8. The van der Waals surface area contributed by atoms with Crippen molar-refractivity contribution in [1.29, 1.82) is 0 Å². The Morgan fingerprint density at radius 1 is 1.18 bits per heavy atom. The molecule has 0 aromatic heterocycles. The van der Waals surface area contributed by atoms with Gasteiger partial charge in [0.1, 0.15) is 17.0 Å². The van der Waals surface area contributed by atoms with Gasteiger partial charge in [-0.05, 0) is 42.0 Å². The summed E-state index contributed by atoms with van der Waals surface area (Å²) in [4.78, 5) is 24.5. The molecule has 1 aliphatic rings. The number of halogens is 1. The number of alkyl halides is 1. The molecule has 0 aliphatic carbocycles. The zero-order chi connectivity index (χ0) is 29.4. The third-order valence-corrected chi connectivity index (χ3v) is 8.74. The molecule has 0 fully saturated rings. The zero-order valence-electron chi connectivity index (χ0n) is 22.6. The van der Waals surface area contributed by atoms with Gasteiger partial charge in [-0.25, -0.2) is 8.42 Å². The summed E-state index contributed by atoms with van der Waals surface area (Å²) >= 11 is 5.59. The number of sulfone groups is 1. The molecule has 1 heterocycles. The van der Waals surface area contributed by atoms with Crippen LogP contribution in [-0.2, 0) is 25.8 Å². The quantitative estimate of drug-likeness (QED) is 0.147. The highest BCUT2D eigenvalue weighted by atomic mass is 35.5. The van der Waals surface area contributed by atoms with Gasteiger partial charge in [0, 0.05) is 25.5 Å². The second-order valence-electron chi connectivity index (χ2n) is 9.87. The Kier molecular flexibility index (Phi) is 10.5. The van der Waals surface area contributed by atoms with Gasteiger partial charge < -0.3 is 19.9 Å². The number of fused-ring (bicyclic) bond motifs is 1. The van der Waals surface area contributed by atoms with Crippen LogP contribution in [0.25, 0.3) is 0 Å². The van der Waals surface area contributed by atoms with Crippen molar-refractivity contribution in [2.24, 2.45) is 11.8 Å². The van der Waals surface area contributed by atoms with Crippen LogP contribution in [0.1, 0.15) is 39.2 Å². The van der Waals surface area contributed by atoms with E-state index in [1.807, 2.05) is 6.92 Å². The molecule has 0 bridgehead atoms. The first-order valence-corrected chi connectivity index (χ1v) is 14.9. The Morgan fingerprint density at radius 3 is 2.58 bits per heavy atom. The van der Waals surface area contributed by atoms with Crippen LogP contribution in [0.2, 0.25) is 0 Å². The number of carbonyl (C=O) groups is 2.